The van der Waals surface area contributed by atoms with Gasteiger partial charge in [0, 0.05) is 12.8 Å². The lowest BCUT2D eigenvalue weighted by molar-refractivity contribution is 0.00268. The molecular weight excluding hydrogens is 296 g/mol. The predicted molar refractivity (Wildman–Crippen MR) is 97.5 cm³/mol. The van der Waals surface area contributed by atoms with E-state index in [9.17, 15) is 0 Å². The molecule has 0 N–H and O–H groups in total. The van der Waals surface area contributed by atoms with Crippen LogP contribution < -0.4 is 9.47 Å². The smallest absolute Gasteiger partial charge is 0.240 e. The van der Waals surface area contributed by atoms with Gasteiger partial charge >= 0.3 is 0 Å². The van der Waals surface area contributed by atoms with Crippen LogP contribution in [-0.4, -0.2) is 6.29 Å². The van der Waals surface area contributed by atoms with E-state index < -0.39 is 0 Å². The molecule has 0 aliphatic carbocycles. The first kappa shape index (κ1) is 16.1. The monoisotopic (exact) mass is 318 g/mol. The van der Waals surface area contributed by atoms with E-state index in [0.717, 1.165) is 24.3 Å². The van der Waals surface area contributed by atoms with Crippen molar-refractivity contribution in [3.63, 3.8) is 0 Å². The molecule has 0 radical (unpaired) electrons. The lowest BCUT2D eigenvalue weighted by atomic mass is 10.0. The molecule has 3 rings (SSSR count). The van der Waals surface area contributed by atoms with Gasteiger partial charge in [-0.2, -0.15) is 0 Å². The Labute approximate surface area is 143 Å². The topological polar surface area (TPSA) is 18.5 Å². The van der Waals surface area contributed by atoms with E-state index in [2.05, 4.69) is 37.3 Å². The number of para-hydroxylation sites is 2. The Morgan fingerprint density at radius 1 is 0.708 bits per heavy atom. The number of ether oxygens (including phenoxy) is 2. The predicted octanol–water partition coefficient (Wildman–Crippen LogP) is 5.47. The minimum absolute atomic E-state index is 0.302. The molecule has 0 aromatic heterocycles. The summed E-state index contributed by atoms with van der Waals surface area (Å²) in [5.41, 5.74) is 2.43. The maximum absolute atomic E-state index is 6.15. The van der Waals surface area contributed by atoms with Crippen LogP contribution in [0.3, 0.4) is 0 Å². The van der Waals surface area contributed by atoms with Crippen LogP contribution in [0, 0.1) is 0 Å². The SMILES string of the molecule is CCC(Oc1ccccc1)Oc1ccccc1Cc1ccccc1. The van der Waals surface area contributed by atoms with Crippen molar-refractivity contribution < 1.29 is 9.47 Å². The summed E-state index contributed by atoms with van der Waals surface area (Å²) in [6.07, 6.45) is 1.32. The Bertz CT molecular complexity index is 738. The Hall–Kier alpha value is -2.74. The second kappa shape index (κ2) is 8.21. The van der Waals surface area contributed by atoms with Gasteiger partial charge in [0.15, 0.2) is 0 Å². The molecule has 0 aliphatic heterocycles. The highest BCUT2D eigenvalue weighted by atomic mass is 16.7. The van der Waals surface area contributed by atoms with Crippen LogP contribution in [0.15, 0.2) is 84.9 Å². The Kier molecular flexibility index (Phi) is 5.52. The highest BCUT2D eigenvalue weighted by molar-refractivity contribution is 5.37. The van der Waals surface area contributed by atoms with Gasteiger partial charge in [-0.3, -0.25) is 0 Å². The molecule has 1 unspecified atom stereocenters. The Morgan fingerprint density at radius 3 is 2.04 bits per heavy atom. The number of hydrogen-bond donors (Lipinski definition) is 0. The minimum atomic E-state index is -0.302. The van der Waals surface area contributed by atoms with Gasteiger partial charge in [0.1, 0.15) is 11.5 Å². The molecule has 0 bridgehead atoms. The summed E-state index contributed by atoms with van der Waals surface area (Å²) in [5, 5.41) is 0. The zero-order valence-corrected chi connectivity index (χ0v) is 13.9. The molecule has 0 saturated carbocycles. The van der Waals surface area contributed by atoms with Gasteiger partial charge in [0.2, 0.25) is 6.29 Å². The largest absolute Gasteiger partial charge is 0.455 e. The van der Waals surface area contributed by atoms with Crippen LogP contribution >= 0.6 is 0 Å². The Morgan fingerprint density at radius 2 is 1.33 bits per heavy atom. The van der Waals surface area contributed by atoms with E-state index in [0.29, 0.717) is 0 Å². The summed E-state index contributed by atoms with van der Waals surface area (Å²) in [6.45, 7) is 2.06. The summed E-state index contributed by atoms with van der Waals surface area (Å²) in [7, 11) is 0. The molecule has 3 aromatic rings. The zero-order chi connectivity index (χ0) is 16.6. The van der Waals surface area contributed by atoms with Crippen molar-refractivity contribution in [2.45, 2.75) is 26.1 Å². The van der Waals surface area contributed by atoms with E-state index in [4.69, 9.17) is 9.47 Å². The molecule has 24 heavy (non-hydrogen) atoms. The number of rotatable bonds is 7. The summed E-state index contributed by atoms with van der Waals surface area (Å²) in [4.78, 5) is 0. The fourth-order valence-electron chi connectivity index (χ4n) is 2.56. The molecule has 1 atom stereocenters. The second-order valence-electron chi connectivity index (χ2n) is 5.66. The molecule has 2 nitrogen and oxygen atoms in total. The van der Waals surface area contributed by atoms with E-state index in [1.165, 1.54) is 11.1 Å². The molecule has 0 fully saturated rings. The van der Waals surface area contributed by atoms with Gasteiger partial charge in [-0.15, -0.1) is 0 Å². The summed E-state index contributed by atoms with van der Waals surface area (Å²) in [5.74, 6) is 1.70. The van der Waals surface area contributed by atoms with Crippen LogP contribution in [0.5, 0.6) is 11.5 Å². The molecule has 0 aliphatic rings. The first-order valence-electron chi connectivity index (χ1n) is 8.35. The van der Waals surface area contributed by atoms with Crippen LogP contribution in [0.2, 0.25) is 0 Å². The second-order valence-corrected chi connectivity index (χ2v) is 5.66. The van der Waals surface area contributed by atoms with Gasteiger partial charge in [-0.25, -0.2) is 0 Å². The Balaban J connectivity index is 1.74. The lowest BCUT2D eigenvalue weighted by Gasteiger charge is -2.21. The van der Waals surface area contributed by atoms with Crippen molar-refractivity contribution in [1.82, 2.24) is 0 Å². The highest BCUT2D eigenvalue weighted by Crippen LogP contribution is 2.24. The quantitative estimate of drug-likeness (QED) is 0.538. The van der Waals surface area contributed by atoms with Crippen molar-refractivity contribution in [3.05, 3.63) is 96.1 Å². The van der Waals surface area contributed by atoms with Crippen LogP contribution in [0.1, 0.15) is 24.5 Å². The summed E-state index contributed by atoms with van der Waals surface area (Å²) < 4.78 is 12.1. The first-order chi connectivity index (χ1) is 11.8. The van der Waals surface area contributed by atoms with E-state index >= 15 is 0 Å². The molecular formula is C22H22O2. The summed E-state index contributed by atoms with van der Waals surface area (Å²) in [6, 6.07) is 28.4. The molecule has 0 spiro atoms. The maximum atomic E-state index is 6.15. The summed E-state index contributed by atoms with van der Waals surface area (Å²) >= 11 is 0. The number of hydrogen-bond acceptors (Lipinski definition) is 2. The van der Waals surface area contributed by atoms with Crippen molar-refractivity contribution >= 4 is 0 Å². The van der Waals surface area contributed by atoms with Crippen molar-refractivity contribution in [2.75, 3.05) is 0 Å². The molecule has 3 aromatic carbocycles. The van der Waals surface area contributed by atoms with Gasteiger partial charge in [-0.1, -0.05) is 73.7 Å². The molecule has 122 valence electrons. The third-order valence-electron chi connectivity index (χ3n) is 3.81. The third-order valence-corrected chi connectivity index (χ3v) is 3.81. The molecule has 0 amide bonds. The zero-order valence-electron chi connectivity index (χ0n) is 13.9. The molecule has 0 saturated heterocycles. The lowest BCUT2D eigenvalue weighted by Crippen LogP contribution is -2.23. The van der Waals surface area contributed by atoms with Crippen LogP contribution in [0.4, 0.5) is 0 Å². The molecule has 0 heterocycles. The average molecular weight is 318 g/mol. The fraction of sp³-hybridized carbons (Fsp3) is 0.182. The maximum Gasteiger partial charge on any atom is 0.240 e. The van der Waals surface area contributed by atoms with Gasteiger partial charge in [0.25, 0.3) is 0 Å². The fourth-order valence-corrected chi connectivity index (χ4v) is 2.56. The van der Waals surface area contributed by atoms with Crippen LogP contribution in [0.25, 0.3) is 0 Å². The van der Waals surface area contributed by atoms with Gasteiger partial charge in [0.05, 0.1) is 0 Å². The van der Waals surface area contributed by atoms with Gasteiger partial charge < -0.3 is 9.47 Å². The van der Waals surface area contributed by atoms with Crippen molar-refractivity contribution in [2.24, 2.45) is 0 Å². The first-order valence-corrected chi connectivity index (χ1v) is 8.35. The van der Waals surface area contributed by atoms with Crippen LogP contribution in [-0.2, 0) is 6.42 Å². The van der Waals surface area contributed by atoms with E-state index in [-0.39, 0.29) is 6.29 Å². The van der Waals surface area contributed by atoms with E-state index in [1.807, 2.05) is 54.6 Å². The highest BCUT2D eigenvalue weighted by Gasteiger charge is 2.12. The number of benzene rings is 3. The van der Waals surface area contributed by atoms with E-state index in [1.54, 1.807) is 0 Å². The average Bonchev–Trinajstić information content (AvgIpc) is 2.64. The normalized spacial score (nSPS) is 11.7. The minimum Gasteiger partial charge on any atom is -0.455 e. The van der Waals surface area contributed by atoms with Crippen molar-refractivity contribution in [3.8, 4) is 11.5 Å². The molecule has 2 heteroatoms. The standard InChI is InChI=1S/C22H22O2/c1-2-22(23-20-14-7-4-8-15-20)24-21-16-10-9-13-19(21)17-18-11-5-3-6-12-18/h3-16,22H,2,17H2,1H3. The van der Waals surface area contributed by atoms with Crippen molar-refractivity contribution in [1.29, 1.82) is 0 Å². The third kappa shape index (κ3) is 4.39. The van der Waals surface area contributed by atoms with Gasteiger partial charge in [-0.05, 0) is 29.3 Å².